The molecule has 0 radical (unpaired) electrons. The van der Waals surface area contributed by atoms with E-state index in [1.165, 1.54) is 5.56 Å². The SMILES string of the molecule is CCc1ccccc1NC(=S)NNC(=O)C1CC1c1ccc(Cl)cc1. The van der Waals surface area contributed by atoms with Crippen molar-refractivity contribution >= 4 is 40.5 Å². The third-order valence-corrected chi connectivity index (χ3v) is 4.83. The lowest BCUT2D eigenvalue weighted by Crippen LogP contribution is -2.44. The van der Waals surface area contributed by atoms with Crippen molar-refractivity contribution in [3.63, 3.8) is 0 Å². The third kappa shape index (κ3) is 4.50. The molecular formula is C19H20ClN3OS. The van der Waals surface area contributed by atoms with Gasteiger partial charge in [0.2, 0.25) is 5.91 Å². The molecule has 25 heavy (non-hydrogen) atoms. The minimum atomic E-state index is -0.0483. The molecule has 2 aromatic rings. The molecule has 0 saturated heterocycles. The van der Waals surface area contributed by atoms with Crippen molar-refractivity contribution in [3.05, 3.63) is 64.7 Å². The molecule has 2 atom stereocenters. The number of amides is 1. The first-order chi connectivity index (χ1) is 12.1. The monoisotopic (exact) mass is 373 g/mol. The third-order valence-electron chi connectivity index (χ3n) is 4.37. The number of hydrogen-bond donors (Lipinski definition) is 3. The number of rotatable bonds is 4. The van der Waals surface area contributed by atoms with Crippen molar-refractivity contribution in [1.82, 2.24) is 10.9 Å². The zero-order valence-corrected chi connectivity index (χ0v) is 15.5. The fourth-order valence-corrected chi connectivity index (χ4v) is 3.17. The van der Waals surface area contributed by atoms with Gasteiger partial charge in [-0.1, -0.05) is 48.9 Å². The van der Waals surface area contributed by atoms with Crippen LogP contribution in [0.25, 0.3) is 0 Å². The summed E-state index contributed by atoms with van der Waals surface area (Å²) in [7, 11) is 0. The van der Waals surface area contributed by atoms with Gasteiger partial charge in [0.15, 0.2) is 5.11 Å². The maximum Gasteiger partial charge on any atom is 0.242 e. The maximum atomic E-state index is 12.2. The van der Waals surface area contributed by atoms with Crippen LogP contribution in [0.3, 0.4) is 0 Å². The van der Waals surface area contributed by atoms with Crippen molar-refractivity contribution < 1.29 is 4.79 Å². The number of hydrazine groups is 1. The Hall–Kier alpha value is -2.11. The molecule has 1 saturated carbocycles. The highest BCUT2D eigenvalue weighted by Gasteiger charge is 2.43. The van der Waals surface area contributed by atoms with E-state index in [0.29, 0.717) is 10.1 Å². The largest absolute Gasteiger partial charge is 0.331 e. The van der Waals surface area contributed by atoms with Crippen LogP contribution in [0.5, 0.6) is 0 Å². The topological polar surface area (TPSA) is 53.2 Å². The molecule has 4 nitrogen and oxygen atoms in total. The highest BCUT2D eigenvalue weighted by molar-refractivity contribution is 7.80. The normalized spacial score (nSPS) is 18.3. The van der Waals surface area contributed by atoms with E-state index in [1.54, 1.807) is 0 Å². The van der Waals surface area contributed by atoms with E-state index in [-0.39, 0.29) is 17.7 Å². The van der Waals surface area contributed by atoms with Crippen LogP contribution in [0.4, 0.5) is 5.69 Å². The molecule has 1 amide bonds. The Bertz CT molecular complexity index is 778. The molecule has 0 heterocycles. The molecule has 0 spiro atoms. The van der Waals surface area contributed by atoms with Crippen molar-refractivity contribution in [3.8, 4) is 0 Å². The van der Waals surface area contributed by atoms with Crippen LogP contribution in [0.15, 0.2) is 48.5 Å². The van der Waals surface area contributed by atoms with Crippen LogP contribution in [0.1, 0.15) is 30.4 Å². The minimum Gasteiger partial charge on any atom is -0.331 e. The second-order valence-corrected chi connectivity index (χ2v) is 6.92. The molecule has 3 rings (SSSR count). The average Bonchev–Trinajstić information content (AvgIpc) is 3.41. The Kier molecular flexibility index (Phi) is 5.56. The van der Waals surface area contributed by atoms with Crippen LogP contribution < -0.4 is 16.2 Å². The second-order valence-electron chi connectivity index (χ2n) is 6.08. The van der Waals surface area contributed by atoms with Crippen LogP contribution in [0, 0.1) is 5.92 Å². The van der Waals surface area contributed by atoms with Crippen molar-refractivity contribution in [2.75, 3.05) is 5.32 Å². The molecule has 0 aromatic heterocycles. The Morgan fingerprint density at radius 1 is 1.16 bits per heavy atom. The fraction of sp³-hybridized carbons (Fsp3) is 0.263. The van der Waals surface area contributed by atoms with E-state index >= 15 is 0 Å². The zero-order chi connectivity index (χ0) is 17.8. The van der Waals surface area contributed by atoms with Crippen molar-refractivity contribution in [1.29, 1.82) is 0 Å². The van der Waals surface area contributed by atoms with Gasteiger partial charge in [-0.2, -0.15) is 0 Å². The molecule has 130 valence electrons. The minimum absolute atomic E-state index is 0.0283. The van der Waals surface area contributed by atoms with Gasteiger partial charge in [0.25, 0.3) is 0 Å². The summed E-state index contributed by atoms with van der Waals surface area (Å²) in [5, 5.41) is 4.19. The number of carbonyl (C=O) groups is 1. The Balaban J connectivity index is 1.48. The number of anilines is 1. The summed E-state index contributed by atoms with van der Waals surface area (Å²) in [6.45, 7) is 2.09. The molecule has 1 aliphatic rings. The molecular weight excluding hydrogens is 354 g/mol. The molecule has 0 bridgehead atoms. The summed E-state index contributed by atoms with van der Waals surface area (Å²) in [6.07, 6.45) is 1.75. The van der Waals surface area contributed by atoms with E-state index in [9.17, 15) is 4.79 Å². The first-order valence-electron chi connectivity index (χ1n) is 8.28. The number of halogens is 1. The molecule has 1 fully saturated rings. The summed E-state index contributed by atoms with van der Waals surface area (Å²) in [5.41, 5.74) is 8.74. The summed E-state index contributed by atoms with van der Waals surface area (Å²) < 4.78 is 0. The highest BCUT2D eigenvalue weighted by atomic mass is 35.5. The van der Waals surface area contributed by atoms with Crippen LogP contribution in [0.2, 0.25) is 5.02 Å². The molecule has 3 N–H and O–H groups in total. The number of carbonyl (C=O) groups excluding carboxylic acids is 1. The fourth-order valence-electron chi connectivity index (χ4n) is 2.88. The molecule has 0 aliphatic heterocycles. The Morgan fingerprint density at radius 2 is 1.88 bits per heavy atom. The van der Waals surface area contributed by atoms with Crippen molar-refractivity contribution in [2.24, 2.45) is 5.92 Å². The average molecular weight is 374 g/mol. The summed E-state index contributed by atoms with van der Waals surface area (Å²) in [4.78, 5) is 12.2. The van der Waals surface area contributed by atoms with Crippen LogP contribution >= 0.6 is 23.8 Å². The number of hydrogen-bond acceptors (Lipinski definition) is 2. The highest BCUT2D eigenvalue weighted by Crippen LogP contribution is 2.47. The number of nitrogens with one attached hydrogen (secondary N) is 3. The smallest absolute Gasteiger partial charge is 0.242 e. The lowest BCUT2D eigenvalue weighted by atomic mass is 10.1. The molecule has 2 unspecified atom stereocenters. The van der Waals surface area contributed by atoms with Gasteiger partial charge in [-0.25, -0.2) is 0 Å². The van der Waals surface area contributed by atoms with E-state index in [4.69, 9.17) is 23.8 Å². The first kappa shape index (κ1) is 17.7. The standard InChI is InChI=1S/C19H20ClN3OS/c1-2-12-5-3-4-6-17(12)21-19(25)23-22-18(24)16-11-15(16)13-7-9-14(20)10-8-13/h3-10,15-16H,2,11H2,1H3,(H,22,24)(H2,21,23,25). The van der Waals surface area contributed by atoms with E-state index < -0.39 is 0 Å². The van der Waals surface area contributed by atoms with Gasteiger partial charge in [0.05, 0.1) is 0 Å². The first-order valence-corrected chi connectivity index (χ1v) is 9.07. The van der Waals surface area contributed by atoms with E-state index in [0.717, 1.165) is 24.1 Å². The van der Waals surface area contributed by atoms with E-state index in [2.05, 4.69) is 23.1 Å². The number of thiocarbonyl (C=S) groups is 1. The summed E-state index contributed by atoms with van der Waals surface area (Å²) in [5.74, 6) is 0.175. The maximum absolute atomic E-state index is 12.2. The van der Waals surface area contributed by atoms with Gasteiger partial charge < -0.3 is 5.32 Å². The molecule has 1 aliphatic carbocycles. The van der Waals surface area contributed by atoms with Crippen molar-refractivity contribution in [2.45, 2.75) is 25.7 Å². The van der Waals surface area contributed by atoms with Gasteiger partial charge in [-0.3, -0.25) is 15.6 Å². The zero-order valence-electron chi connectivity index (χ0n) is 13.9. The Labute approximate surface area is 157 Å². The van der Waals surface area contributed by atoms with Crippen LogP contribution in [-0.4, -0.2) is 11.0 Å². The second kappa shape index (κ2) is 7.85. The lowest BCUT2D eigenvalue weighted by molar-refractivity contribution is -0.122. The quantitative estimate of drug-likeness (QED) is 0.559. The van der Waals surface area contributed by atoms with Gasteiger partial charge in [0.1, 0.15) is 0 Å². The summed E-state index contributed by atoms with van der Waals surface area (Å²) >= 11 is 11.2. The van der Waals surface area contributed by atoms with Gasteiger partial charge in [0, 0.05) is 16.6 Å². The number of benzene rings is 2. The van der Waals surface area contributed by atoms with E-state index in [1.807, 2.05) is 48.5 Å². The Morgan fingerprint density at radius 3 is 2.60 bits per heavy atom. The predicted octanol–water partition coefficient (Wildman–Crippen LogP) is 4.02. The predicted molar refractivity (Wildman–Crippen MR) is 106 cm³/mol. The molecule has 2 aromatic carbocycles. The molecule has 6 heteroatoms. The van der Waals surface area contributed by atoms with Crippen LogP contribution in [-0.2, 0) is 11.2 Å². The van der Waals surface area contributed by atoms with Gasteiger partial charge in [-0.15, -0.1) is 0 Å². The summed E-state index contributed by atoms with van der Waals surface area (Å²) in [6, 6.07) is 15.6. The lowest BCUT2D eigenvalue weighted by Gasteiger charge is -2.14. The number of para-hydroxylation sites is 1. The van der Waals surface area contributed by atoms with Gasteiger partial charge >= 0.3 is 0 Å². The van der Waals surface area contributed by atoms with Gasteiger partial charge in [-0.05, 0) is 60.3 Å². The number of aryl methyl sites for hydroxylation is 1.